The Bertz CT molecular complexity index is 381. The van der Waals surface area contributed by atoms with Gasteiger partial charge in [-0.15, -0.1) is 0 Å². The normalized spacial score (nSPS) is 15.3. The Morgan fingerprint density at radius 3 is 2.37 bits per heavy atom. The van der Waals surface area contributed by atoms with E-state index < -0.39 is 0 Å². The number of halogens is 1. The first kappa shape index (κ1) is 16.2. The van der Waals surface area contributed by atoms with Crippen molar-refractivity contribution < 1.29 is 4.39 Å². The lowest BCUT2D eigenvalue weighted by Crippen LogP contribution is -2.35. The predicted molar refractivity (Wildman–Crippen MR) is 80.8 cm³/mol. The van der Waals surface area contributed by atoms with E-state index in [4.69, 9.17) is 0 Å². The molecule has 1 aromatic rings. The summed E-state index contributed by atoms with van der Waals surface area (Å²) in [4.78, 5) is 0. The van der Waals surface area contributed by atoms with Crippen LogP contribution in [0.2, 0.25) is 0 Å². The summed E-state index contributed by atoms with van der Waals surface area (Å²) < 4.78 is 13.7. The van der Waals surface area contributed by atoms with Gasteiger partial charge in [0.25, 0.3) is 0 Å². The van der Waals surface area contributed by atoms with Crippen molar-refractivity contribution in [3.05, 3.63) is 35.6 Å². The van der Waals surface area contributed by atoms with Gasteiger partial charge in [0.05, 0.1) is 0 Å². The summed E-state index contributed by atoms with van der Waals surface area (Å²) in [5.41, 5.74) is 1.11. The number of hydrogen-bond acceptors (Lipinski definition) is 1. The Kier molecular flexibility index (Phi) is 5.99. The van der Waals surface area contributed by atoms with E-state index in [1.807, 2.05) is 12.1 Å². The molecule has 0 aromatic heterocycles. The maximum Gasteiger partial charge on any atom is 0.126 e. The van der Waals surface area contributed by atoms with Crippen LogP contribution in [0.1, 0.15) is 46.6 Å². The zero-order valence-corrected chi connectivity index (χ0v) is 13.0. The molecule has 0 spiro atoms. The minimum absolute atomic E-state index is 0.0891. The fraction of sp³-hybridized carbons (Fsp3) is 0.647. The summed E-state index contributed by atoms with van der Waals surface area (Å²) >= 11 is 0. The maximum atomic E-state index is 13.7. The van der Waals surface area contributed by atoms with Crippen LogP contribution in [-0.4, -0.2) is 12.6 Å². The van der Waals surface area contributed by atoms with E-state index in [2.05, 4.69) is 39.9 Å². The zero-order valence-electron chi connectivity index (χ0n) is 13.0. The van der Waals surface area contributed by atoms with Gasteiger partial charge >= 0.3 is 0 Å². The monoisotopic (exact) mass is 265 g/mol. The second-order valence-electron chi connectivity index (χ2n) is 6.55. The van der Waals surface area contributed by atoms with E-state index in [-0.39, 0.29) is 5.82 Å². The molecule has 0 bridgehead atoms. The number of hydrogen-bond donors (Lipinski definition) is 1. The molecule has 0 aliphatic carbocycles. The fourth-order valence-corrected chi connectivity index (χ4v) is 2.24. The molecule has 0 heterocycles. The highest BCUT2D eigenvalue weighted by Crippen LogP contribution is 2.29. The summed E-state index contributed by atoms with van der Waals surface area (Å²) in [5.74, 6) is 0.511. The summed E-state index contributed by atoms with van der Waals surface area (Å²) in [6.45, 7) is 12.1. The van der Waals surface area contributed by atoms with Crippen molar-refractivity contribution in [3.8, 4) is 0 Å². The van der Waals surface area contributed by atoms with E-state index in [1.54, 1.807) is 12.1 Å². The first-order chi connectivity index (χ1) is 8.84. The second-order valence-corrected chi connectivity index (χ2v) is 6.55. The topological polar surface area (TPSA) is 12.0 Å². The van der Waals surface area contributed by atoms with Crippen LogP contribution >= 0.6 is 0 Å². The lowest BCUT2D eigenvalue weighted by Gasteiger charge is -2.31. The molecule has 0 saturated carbocycles. The molecular weight excluding hydrogens is 237 g/mol. The first-order valence-corrected chi connectivity index (χ1v) is 7.31. The molecule has 1 aromatic carbocycles. The molecule has 1 nitrogen and oxygen atoms in total. The van der Waals surface area contributed by atoms with Crippen molar-refractivity contribution in [3.63, 3.8) is 0 Å². The molecule has 0 saturated heterocycles. The number of rotatable bonds is 6. The smallest absolute Gasteiger partial charge is 0.126 e. The Morgan fingerprint density at radius 2 is 1.84 bits per heavy atom. The summed E-state index contributed by atoms with van der Waals surface area (Å²) in [6.07, 6.45) is 1.84. The molecule has 0 aliphatic heterocycles. The van der Waals surface area contributed by atoms with E-state index >= 15 is 0 Å². The van der Waals surface area contributed by atoms with Crippen LogP contribution in [0, 0.1) is 17.2 Å². The van der Waals surface area contributed by atoms with Gasteiger partial charge in [0.15, 0.2) is 0 Å². The zero-order chi connectivity index (χ0) is 14.5. The molecule has 2 unspecified atom stereocenters. The minimum atomic E-state index is -0.0891. The molecule has 19 heavy (non-hydrogen) atoms. The van der Waals surface area contributed by atoms with Crippen LogP contribution < -0.4 is 5.32 Å². The van der Waals surface area contributed by atoms with Crippen molar-refractivity contribution in [2.75, 3.05) is 6.54 Å². The quantitative estimate of drug-likeness (QED) is 0.803. The molecule has 1 N–H and O–H groups in total. The van der Waals surface area contributed by atoms with E-state index in [0.717, 1.165) is 24.9 Å². The van der Waals surface area contributed by atoms with Gasteiger partial charge < -0.3 is 5.32 Å². The first-order valence-electron chi connectivity index (χ1n) is 7.31. The molecular formula is C17H28FN. The highest BCUT2D eigenvalue weighted by atomic mass is 19.1. The number of likely N-dealkylation sites (N-methyl/N-ethyl adjacent to an activating group) is 1. The molecule has 0 fully saturated rings. The maximum absolute atomic E-state index is 13.7. The Labute approximate surface area is 117 Å². The summed E-state index contributed by atoms with van der Waals surface area (Å²) in [5, 5.41) is 3.49. The third-order valence-corrected chi connectivity index (χ3v) is 4.03. The highest BCUT2D eigenvalue weighted by Gasteiger charge is 2.23. The average molecular weight is 265 g/mol. The van der Waals surface area contributed by atoms with E-state index in [0.29, 0.717) is 17.4 Å². The van der Waals surface area contributed by atoms with Crippen LogP contribution in [0.4, 0.5) is 4.39 Å². The summed E-state index contributed by atoms with van der Waals surface area (Å²) in [6, 6.07) is 7.44. The molecule has 0 aliphatic rings. The van der Waals surface area contributed by atoms with Crippen LogP contribution in [0.3, 0.4) is 0 Å². The van der Waals surface area contributed by atoms with Crippen LogP contribution in [0.15, 0.2) is 24.3 Å². The van der Waals surface area contributed by atoms with E-state index in [1.165, 1.54) is 0 Å². The van der Waals surface area contributed by atoms with Crippen molar-refractivity contribution >= 4 is 0 Å². The standard InChI is InChI=1S/C17H28FN/c1-6-19-15(11-13(2)17(3,4)5)12-14-9-7-8-10-16(14)18/h7-10,13,15,19H,6,11-12H2,1-5H3. The van der Waals surface area contributed by atoms with Gasteiger partial charge in [-0.1, -0.05) is 52.8 Å². The fourth-order valence-electron chi connectivity index (χ4n) is 2.24. The average Bonchev–Trinajstić information content (AvgIpc) is 2.31. The van der Waals surface area contributed by atoms with Crippen LogP contribution in [-0.2, 0) is 6.42 Å². The SMILES string of the molecule is CCNC(Cc1ccccc1F)CC(C)C(C)(C)C. The van der Waals surface area contributed by atoms with Crippen molar-refractivity contribution in [2.24, 2.45) is 11.3 Å². The van der Waals surface area contributed by atoms with Crippen molar-refractivity contribution in [1.82, 2.24) is 5.32 Å². The van der Waals surface area contributed by atoms with Gasteiger partial charge in [0, 0.05) is 6.04 Å². The van der Waals surface area contributed by atoms with Gasteiger partial charge in [-0.3, -0.25) is 0 Å². The van der Waals surface area contributed by atoms with E-state index in [9.17, 15) is 4.39 Å². The third-order valence-electron chi connectivity index (χ3n) is 4.03. The second kappa shape index (κ2) is 7.04. The highest BCUT2D eigenvalue weighted by molar-refractivity contribution is 5.18. The Balaban J connectivity index is 2.71. The number of nitrogens with one attached hydrogen (secondary N) is 1. The van der Waals surface area contributed by atoms with Crippen molar-refractivity contribution in [2.45, 2.75) is 53.5 Å². The molecule has 2 heteroatoms. The lowest BCUT2D eigenvalue weighted by atomic mass is 9.78. The van der Waals surface area contributed by atoms with Gasteiger partial charge in [-0.25, -0.2) is 4.39 Å². The molecule has 0 radical (unpaired) electrons. The Hall–Kier alpha value is -0.890. The molecule has 1 rings (SSSR count). The minimum Gasteiger partial charge on any atom is -0.314 e. The van der Waals surface area contributed by atoms with Gasteiger partial charge in [-0.2, -0.15) is 0 Å². The van der Waals surface area contributed by atoms with Gasteiger partial charge in [0.1, 0.15) is 5.82 Å². The number of benzene rings is 1. The van der Waals surface area contributed by atoms with Gasteiger partial charge in [-0.05, 0) is 42.3 Å². The largest absolute Gasteiger partial charge is 0.314 e. The third kappa shape index (κ3) is 5.32. The van der Waals surface area contributed by atoms with Gasteiger partial charge in [0.2, 0.25) is 0 Å². The van der Waals surface area contributed by atoms with Crippen LogP contribution in [0.25, 0.3) is 0 Å². The molecule has 108 valence electrons. The molecule has 2 atom stereocenters. The molecule has 0 amide bonds. The Morgan fingerprint density at radius 1 is 1.21 bits per heavy atom. The lowest BCUT2D eigenvalue weighted by molar-refractivity contribution is 0.222. The van der Waals surface area contributed by atoms with Crippen LogP contribution in [0.5, 0.6) is 0 Å². The summed E-state index contributed by atoms with van der Waals surface area (Å²) in [7, 11) is 0. The van der Waals surface area contributed by atoms with Crippen molar-refractivity contribution in [1.29, 1.82) is 0 Å². The predicted octanol–water partition coefficient (Wildman–Crippen LogP) is 4.42.